The second-order valence-corrected chi connectivity index (χ2v) is 8.14. The van der Waals surface area contributed by atoms with Gasteiger partial charge in [0.1, 0.15) is 24.2 Å². The lowest BCUT2D eigenvalue weighted by molar-refractivity contribution is 0.108. The van der Waals surface area contributed by atoms with Crippen molar-refractivity contribution in [3.05, 3.63) is 106 Å². The number of aliphatic hydroxyl groups is 2. The summed E-state index contributed by atoms with van der Waals surface area (Å²) in [5, 5.41) is 34.7. The van der Waals surface area contributed by atoms with E-state index >= 15 is 0 Å². The van der Waals surface area contributed by atoms with Crippen LogP contribution in [0.3, 0.4) is 0 Å². The fraction of sp³-hybridized carbons (Fsp3) is 0.222. The quantitative estimate of drug-likeness (QED) is 0.232. The van der Waals surface area contributed by atoms with Crippen LogP contribution < -0.4 is 15.6 Å². The molecule has 3 aromatic carbocycles. The van der Waals surface area contributed by atoms with Crippen LogP contribution >= 0.6 is 0 Å². The third kappa shape index (κ3) is 5.82. The summed E-state index contributed by atoms with van der Waals surface area (Å²) in [6, 6.07) is 23.2. The summed E-state index contributed by atoms with van der Waals surface area (Å²) in [6.07, 6.45) is -0.702. The normalized spacial score (nSPS) is 13.0. The average Bonchev–Trinajstić information content (AvgIpc) is 2.87. The van der Waals surface area contributed by atoms with Gasteiger partial charge in [0.15, 0.2) is 0 Å². The first-order valence-corrected chi connectivity index (χ1v) is 11.2. The molecule has 0 fully saturated rings. The number of hydrogen-bond donors (Lipinski definition) is 5. The molecule has 0 aliphatic carbocycles. The van der Waals surface area contributed by atoms with Crippen molar-refractivity contribution in [3.63, 3.8) is 0 Å². The molecule has 0 aliphatic rings. The highest BCUT2D eigenvalue weighted by atomic mass is 16.5. The van der Waals surface area contributed by atoms with Gasteiger partial charge in [0.05, 0.1) is 11.6 Å². The highest BCUT2D eigenvalue weighted by molar-refractivity contribution is 5.87. The van der Waals surface area contributed by atoms with Crippen LogP contribution in [0.15, 0.2) is 83.7 Å². The first kappa shape index (κ1) is 23.5. The average molecular weight is 461 g/mol. The van der Waals surface area contributed by atoms with Crippen molar-refractivity contribution in [2.75, 3.05) is 19.7 Å². The smallest absolute Gasteiger partial charge is 0.248 e. The molecular formula is C27H28N2O5. The number of H-pyrrole nitrogens is 1. The number of hydrogen-bond acceptors (Lipinski definition) is 6. The Balaban J connectivity index is 1.24. The van der Waals surface area contributed by atoms with E-state index in [1.54, 1.807) is 12.1 Å². The van der Waals surface area contributed by atoms with Gasteiger partial charge in [0.25, 0.3) is 0 Å². The summed E-state index contributed by atoms with van der Waals surface area (Å²) in [5.41, 5.74) is 2.58. The molecule has 0 radical (unpaired) electrons. The molecule has 7 nitrogen and oxygen atoms in total. The van der Waals surface area contributed by atoms with E-state index in [0.29, 0.717) is 35.3 Å². The van der Waals surface area contributed by atoms with Crippen molar-refractivity contribution in [3.8, 4) is 11.5 Å². The summed E-state index contributed by atoms with van der Waals surface area (Å²) in [4.78, 5) is 14.2. The lowest BCUT2D eigenvalue weighted by atomic mass is 10.0. The zero-order valence-electron chi connectivity index (χ0n) is 18.6. The molecule has 176 valence electrons. The number of rotatable bonds is 10. The zero-order valence-corrected chi connectivity index (χ0v) is 18.6. The van der Waals surface area contributed by atoms with Gasteiger partial charge in [0, 0.05) is 18.0 Å². The highest BCUT2D eigenvalue weighted by Gasteiger charge is 2.14. The molecule has 0 saturated heterocycles. The number of fused-ring (bicyclic) bond motifs is 1. The van der Waals surface area contributed by atoms with E-state index in [9.17, 15) is 20.1 Å². The van der Waals surface area contributed by atoms with Crippen molar-refractivity contribution in [2.24, 2.45) is 0 Å². The number of nitrogens with one attached hydrogen (secondary N) is 2. The zero-order chi connectivity index (χ0) is 23.9. The van der Waals surface area contributed by atoms with Gasteiger partial charge in [-0.1, -0.05) is 48.5 Å². The van der Waals surface area contributed by atoms with E-state index in [4.69, 9.17) is 4.74 Å². The van der Waals surface area contributed by atoms with Gasteiger partial charge in [0.2, 0.25) is 5.56 Å². The van der Waals surface area contributed by atoms with Gasteiger partial charge in [-0.2, -0.15) is 0 Å². The molecule has 4 aromatic rings. The minimum atomic E-state index is -0.791. The van der Waals surface area contributed by atoms with E-state index in [2.05, 4.69) is 10.3 Å². The standard InChI is InChI=1S/C27H28N2O5/c30-23-12-10-21(22-11-13-26(33)29-27(22)23)24(31)16-28-15-14-18-6-8-20(9-7-18)34-17-25(32)19-4-2-1-3-5-19/h1-13,24-25,28,30-32H,14-17H2,(H,29,33)/t24-,25-/m0/s1. The van der Waals surface area contributed by atoms with Crippen molar-refractivity contribution in [1.29, 1.82) is 0 Å². The largest absolute Gasteiger partial charge is 0.506 e. The molecule has 0 unspecified atom stereocenters. The van der Waals surface area contributed by atoms with Gasteiger partial charge in [-0.05, 0) is 53.9 Å². The second-order valence-electron chi connectivity index (χ2n) is 8.14. The SMILES string of the molecule is O=c1ccc2c([C@@H](O)CNCCc3ccc(OC[C@H](O)c4ccccc4)cc3)ccc(O)c2[nH]1. The number of aromatic hydroxyl groups is 1. The summed E-state index contributed by atoms with van der Waals surface area (Å²) in [5.74, 6) is 0.665. The number of ether oxygens (including phenoxy) is 1. The minimum Gasteiger partial charge on any atom is -0.506 e. The van der Waals surface area contributed by atoms with Crippen molar-refractivity contribution in [2.45, 2.75) is 18.6 Å². The Kier molecular flexibility index (Phi) is 7.59. The molecular weight excluding hydrogens is 432 g/mol. The Bertz CT molecular complexity index is 1270. The fourth-order valence-corrected chi connectivity index (χ4v) is 3.83. The van der Waals surface area contributed by atoms with Gasteiger partial charge in [-0.25, -0.2) is 0 Å². The topological polar surface area (TPSA) is 115 Å². The van der Waals surface area contributed by atoms with Crippen molar-refractivity contribution < 1.29 is 20.1 Å². The minimum absolute atomic E-state index is 0.0291. The molecule has 4 rings (SSSR count). The van der Waals surface area contributed by atoms with Crippen LogP contribution in [0.2, 0.25) is 0 Å². The summed E-state index contributed by atoms with van der Waals surface area (Å²) in [6.45, 7) is 1.18. The molecule has 0 saturated carbocycles. The monoisotopic (exact) mass is 460 g/mol. The van der Waals surface area contributed by atoms with Crippen LogP contribution in [0.4, 0.5) is 0 Å². The molecule has 1 heterocycles. The maximum atomic E-state index is 11.5. The molecule has 0 spiro atoms. The Morgan fingerprint density at radius 2 is 1.65 bits per heavy atom. The van der Waals surface area contributed by atoms with E-state index in [1.165, 1.54) is 12.1 Å². The van der Waals surface area contributed by atoms with Gasteiger partial charge >= 0.3 is 0 Å². The van der Waals surface area contributed by atoms with Crippen LogP contribution in [-0.4, -0.2) is 40.0 Å². The Morgan fingerprint density at radius 1 is 0.882 bits per heavy atom. The first-order valence-electron chi connectivity index (χ1n) is 11.2. The fourth-order valence-electron chi connectivity index (χ4n) is 3.83. The Morgan fingerprint density at radius 3 is 2.41 bits per heavy atom. The first-order chi connectivity index (χ1) is 16.5. The summed E-state index contributed by atoms with van der Waals surface area (Å²) < 4.78 is 5.70. The predicted molar refractivity (Wildman–Crippen MR) is 131 cm³/mol. The van der Waals surface area contributed by atoms with Gasteiger partial charge < -0.3 is 30.4 Å². The number of aromatic amines is 1. The van der Waals surface area contributed by atoms with E-state index in [-0.39, 0.29) is 17.9 Å². The van der Waals surface area contributed by atoms with E-state index in [1.807, 2.05) is 54.6 Å². The summed E-state index contributed by atoms with van der Waals surface area (Å²) >= 11 is 0. The third-order valence-corrected chi connectivity index (χ3v) is 5.71. The number of aliphatic hydroxyl groups excluding tert-OH is 2. The maximum absolute atomic E-state index is 11.5. The Labute approximate surface area is 197 Å². The number of phenols is 1. The number of pyridine rings is 1. The third-order valence-electron chi connectivity index (χ3n) is 5.71. The van der Waals surface area contributed by atoms with E-state index in [0.717, 1.165) is 17.5 Å². The van der Waals surface area contributed by atoms with E-state index < -0.39 is 12.2 Å². The Hall–Kier alpha value is -3.65. The second kappa shape index (κ2) is 11.0. The molecule has 34 heavy (non-hydrogen) atoms. The molecule has 0 amide bonds. The van der Waals surface area contributed by atoms with Crippen LogP contribution in [0.1, 0.15) is 28.9 Å². The highest BCUT2D eigenvalue weighted by Crippen LogP contribution is 2.28. The van der Waals surface area contributed by atoms with Crippen LogP contribution in [-0.2, 0) is 6.42 Å². The number of aromatic nitrogens is 1. The van der Waals surface area contributed by atoms with Gasteiger partial charge in [-0.15, -0.1) is 0 Å². The molecule has 0 bridgehead atoms. The molecule has 1 aromatic heterocycles. The lowest BCUT2D eigenvalue weighted by Gasteiger charge is -2.15. The molecule has 0 aliphatic heterocycles. The van der Waals surface area contributed by atoms with Crippen LogP contribution in [0, 0.1) is 0 Å². The number of phenolic OH excluding ortho intramolecular Hbond substituents is 1. The lowest BCUT2D eigenvalue weighted by Crippen LogP contribution is -2.24. The molecule has 2 atom stereocenters. The predicted octanol–water partition coefficient (Wildman–Crippen LogP) is 3.21. The van der Waals surface area contributed by atoms with Gasteiger partial charge in [-0.3, -0.25) is 4.79 Å². The van der Waals surface area contributed by atoms with Crippen molar-refractivity contribution in [1.82, 2.24) is 10.3 Å². The molecule has 7 heteroatoms. The molecule has 5 N–H and O–H groups in total. The van der Waals surface area contributed by atoms with Crippen LogP contribution in [0.25, 0.3) is 10.9 Å². The summed E-state index contributed by atoms with van der Waals surface area (Å²) in [7, 11) is 0. The van der Waals surface area contributed by atoms with Crippen molar-refractivity contribution >= 4 is 10.9 Å². The number of benzene rings is 3. The van der Waals surface area contributed by atoms with Crippen LogP contribution in [0.5, 0.6) is 11.5 Å². The maximum Gasteiger partial charge on any atom is 0.248 e.